The highest BCUT2D eigenvalue weighted by Gasteiger charge is 2.27. The SMILES string of the molecule is CCN(CC)S(=O)(=O)c1cc(Cl)ccc1OCC(=O)N1CCc2ccccc2C1. The molecule has 0 saturated heterocycles. The van der Waals surface area contributed by atoms with E-state index in [0.29, 0.717) is 31.2 Å². The van der Waals surface area contributed by atoms with Gasteiger partial charge in [-0.3, -0.25) is 4.79 Å². The molecule has 3 rings (SSSR count). The van der Waals surface area contributed by atoms with E-state index < -0.39 is 10.0 Å². The highest BCUT2D eigenvalue weighted by atomic mass is 35.5. The Bertz CT molecular complexity index is 990. The fourth-order valence-electron chi connectivity index (χ4n) is 3.44. The average Bonchev–Trinajstić information content (AvgIpc) is 2.72. The van der Waals surface area contributed by atoms with Gasteiger partial charge in [0, 0.05) is 31.2 Å². The first-order valence-electron chi connectivity index (χ1n) is 9.63. The Labute approximate surface area is 177 Å². The van der Waals surface area contributed by atoms with Gasteiger partial charge < -0.3 is 9.64 Å². The number of amides is 1. The van der Waals surface area contributed by atoms with E-state index in [9.17, 15) is 13.2 Å². The van der Waals surface area contributed by atoms with Crippen molar-refractivity contribution in [1.82, 2.24) is 9.21 Å². The van der Waals surface area contributed by atoms with Gasteiger partial charge >= 0.3 is 0 Å². The Morgan fingerprint density at radius 2 is 1.83 bits per heavy atom. The molecule has 29 heavy (non-hydrogen) atoms. The molecule has 2 aromatic rings. The fourth-order valence-corrected chi connectivity index (χ4v) is 5.30. The van der Waals surface area contributed by atoms with E-state index in [1.54, 1.807) is 24.8 Å². The molecule has 0 aromatic heterocycles. The van der Waals surface area contributed by atoms with Gasteiger partial charge in [-0.15, -0.1) is 0 Å². The molecule has 0 radical (unpaired) electrons. The zero-order valence-corrected chi connectivity index (χ0v) is 18.2. The Hall–Kier alpha value is -2.09. The Morgan fingerprint density at radius 1 is 1.14 bits per heavy atom. The Balaban J connectivity index is 1.75. The maximum atomic E-state index is 12.9. The summed E-state index contributed by atoms with van der Waals surface area (Å²) in [4.78, 5) is 14.4. The molecule has 0 fully saturated rings. The summed E-state index contributed by atoms with van der Waals surface area (Å²) in [7, 11) is -3.77. The molecule has 0 N–H and O–H groups in total. The minimum Gasteiger partial charge on any atom is -0.482 e. The molecule has 1 heterocycles. The summed E-state index contributed by atoms with van der Waals surface area (Å²) in [6, 6.07) is 12.5. The molecule has 156 valence electrons. The van der Waals surface area contributed by atoms with Crippen LogP contribution in [0.5, 0.6) is 5.75 Å². The summed E-state index contributed by atoms with van der Waals surface area (Å²) in [6.07, 6.45) is 0.796. The second kappa shape index (κ2) is 9.15. The van der Waals surface area contributed by atoms with Crippen LogP contribution < -0.4 is 4.74 Å². The van der Waals surface area contributed by atoms with E-state index >= 15 is 0 Å². The zero-order valence-electron chi connectivity index (χ0n) is 16.6. The number of hydrogen-bond donors (Lipinski definition) is 0. The van der Waals surface area contributed by atoms with Gasteiger partial charge in [0.25, 0.3) is 5.91 Å². The van der Waals surface area contributed by atoms with Crippen LogP contribution in [0.15, 0.2) is 47.4 Å². The minimum absolute atomic E-state index is 0.0227. The molecule has 0 saturated carbocycles. The lowest BCUT2D eigenvalue weighted by molar-refractivity contribution is -0.134. The summed E-state index contributed by atoms with van der Waals surface area (Å²) in [5.74, 6) is -0.0484. The summed E-state index contributed by atoms with van der Waals surface area (Å²) in [5.41, 5.74) is 2.38. The second-order valence-electron chi connectivity index (χ2n) is 6.80. The fraction of sp³-hybridized carbons (Fsp3) is 0.381. The van der Waals surface area contributed by atoms with Crippen LogP contribution in [0.25, 0.3) is 0 Å². The second-order valence-corrected chi connectivity index (χ2v) is 9.15. The first kappa shape index (κ1) is 21.6. The van der Waals surface area contributed by atoms with Crippen molar-refractivity contribution in [2.24, 2.45) is 0 Å². The van der Waals surface area contributed by atoms with Crippen LogP contribution in [0.1, 0.15) is 25.0 Å². The van der Waals surface area contributed by atoms with Crippen LogP contribution in [-0.4, -0.2) is 49.8 Å². The lowest BCUT2D eigenvalue weighted by Gasteiger charge is -2.29. The first-order valence-corrected chi connectivity index (χ1v) is 11.5. The molecular weight excluding hydrogens is 412 g/mol. The van der Waals surface area contributed by atoms with Crippen molar-refractivity contribution in [3.05, 3.63) is 58.6 Å². The molecule has 1 aliphatic rings. The van der Waals surface area contributed by atoms with E-state index in [-0.39, 0.29) is 23.2 Å². The number of fused-ring (bicyclic) bond motifs is 1. The molecular formula is C21H25ClN2O4S. The van der Waals surface area contributed by atoms with E-state index in [1.165, 1.54) is 22.0 Å². The van der Waals surface area contributed by atoms with Crippen LogP contribution in [0, 0.1) is 0 Å². The van der Waals surface area contributed by atoms with Gasteiger partial charge in [0.2, 0.25) is 10.0 Å². The van der Waals surface area contributed by atoms with Gasteiger partial charge in [0.05, 0.1) is 0 Å². The summed E-state index contributed by atoms with van der Waals surface area (Å²) < 4.78 is 32.9. The van der Waals surface area contributed by atoms with E-state index in [1.807, 2.05) is 18.2 Å². The number of sulfonamides is 1. The van der Waals surface area contributed by atoms with Crippen molar-refractivity contribution in [2.45, 2.75) is 31.7 Å². The number of hydrogen-bond acceptors (Lipinski definition) is 4. The molecule has 6 nitrogen and oxygen atoms in total. The molecule has 0 atom stereocenters. The minimum atomic E-state index is -3.77. The van der Waals surface area contributed by atoms with Crippen LogP contribution in [0.2, 0.25) is 5.02 Å². The van der Waals surface area contributed by atoms with E-state index in [4.69, 9.17) is 16.3 Å². The summed E-state index contributed by atoms with van der Waals surface area (Å²) in [5, 5.41) is 0.294. The van der Waals surface area contributed by atoms with E-state index in [2.05, 4.69) is 6.07 Å². The van der Waals surface area contributed by atoms with Crippen molar-refractivity contribution < 1.29 is 17.9 Å². The van der Waals surface area contributed by atoms with Crippen LogP contribution in [-0.2, 0) is 27.8 Å². The molecule has 0 spiro atoms. The largest absolute Gasteiger partial charge is 0.482 e. The van der Waals surface area contributed by atoms with Crippen molar-refractivity contribution in [3.63, 3.8) is 0 Å². The van der Waals surface area contributed by atoms with E-state index in [0.717, 1.165) is 12.0 Å². The third-order valence-electron chi connectivity index (χ3n) is 5.06. The van der Waals surface area contributed by atoms with Gasteiger partial charge in [0.1, 0.15) is 10.6 Å². The third-order valence-corrected chi connectivity index (χ3v) is 7.37. The third kappa shape index (κ3) is 4.74. The first-order chi connectivity index (χ1) is 13.9. The summed E-state index contributed by atoms with van der Waals surface area (Å²) >= 11 is 6.03. The number of ether oxygens (including phenoxy) is 1. The molecule has 0 aliphatic carbocycles. The molecule has 1 amide bonds. The number of halogens is 1. The van der Waals surface area contributed by atoms with Crippen molar-refractivity contribution in [2.75, 3.05) is 26.2 Å². The zero-order chi connectivity index (χ0) is 21.0. The van der Waals surface area contributed by atoms with Crippen LogP contribution in [0.4, 0.5) is 0 Å². The monoisotopic (exact) mass is 436 g/mol. The van der Waals surface area contributed by atoms with Gasteiger partial charge in [-0.25, -0.2) is 8.42 Å². The van der Waals surface area contributed by atoms with Gasteiger partial charge in [-0.2, -0.15) is 4.31 Å². The molecule has 0 bridgehead atoms. The number of rotatable bonds is 7. The maximum absolute atomic E-state index is 12.9. The molecule has 8 heteroatoms. The van der Waals surface area contributed by atoms with Gasteiger partial charge in [-0.05, 0) is 35.7 Å². The molecule has 2 aromatic carbocycles. The maximum Gasteiger partial charge on any atom is 0.260 e. The quantitative estimate of drug-likeness (QED) is 0.667. The number of carbonyl (C=O) groups excluding carboxylic acids is 1. The Kier molecular flexibility index (Phi) is 6.82. The highest BCUT2D eigenvalue weighted by molar-refractivity contribution is 7.89. The number of nitrogens with zero attached hydrogens (tertiary/aromatic N) is 2. The highest BCUT2D eigenvalue weighted by Crippen LogP contribution is 2.30. The molecule has 0 unspecified atom stereocenters. The van der Waals surface area contributed by atoms with Crippen molar-refractivity contribution in [3.8, 4) is 5.75 Å². The van der Waals surface area contributed by atoms with Crippen molar-refractivity contribution in [1.29, 1.82) is 0 Å². The lowest BCUT2D eigenvalue weighted by Crippen LogP contribution is -2.39. The topological polar surface area (TPSA) is 66.9 Å². The van der Waals surface area contributed by atoms with Gasteiger partial charge in [-0.1, -0.05) is 49.7 Å². The number of carbonyl (C=O) groups is 1. The van der Waals surface area contributed by atoms with Crippen molar-refractivity contribution >= 4 is 27.5 Å². The number of benzene rings is 2. The predicted octanol–water partition coefficient (Wildman–Crippen LogP) is 3.33. The van der Waals surface area contributed by atoms with Crippen LogP contribution in [0.3, 0.4) is 0 Å². The summed E-state index contributed by atoms with van der Waals surface area (Å²) in [6.45, 7) is 5.11. The van der Waals surface area contributed by atoms with Gasteiger partial charge in [0.15, 0.2) is 6.61 Å². The Morgan fingerprint density at radius 3 is 2.52 bits per heavy atom. The standard InChI is InChI=1S/C21H25ClN2O4S/c1-3-24(4-2)29(26,27)20-13-18(22)9-10-19(20)28-15-21(25)23-12-11-16-7-5-6-8-17(16)14-23/h5-10,13H,3-4,11-12,14-15H2,1-2H3. The average molecular weight is 437 g/mol. The van der Waals surface area contributed by atoms with Crippen LogP contribution >= 0.6 is 11.6 Å². The smallest absolute Gasteiger partial charge is 0.260 e. The lowest BCUT2D eigenvalue weighted by atomic mass is 10.00. The predicted molar refractivity (Wildman–Crippen MR) is 113 cm³/mol. The molecule has 1 aliphatic heterocycles. The normalized spacial score (nSPS) is 14.0.